The number of thiophene rings is 1. The minimum absolute atomic E-state index is 0.0793. The van der Waals surface area contributed by atoms with Gasteiger partial charge in [0, 0.05) is 44.0 Å². The molecule has 6 atom stereocenters. The lowest BCUT2D eigenvalue weighted by molar-refractivity contribution is -0.107. The van der Waals surface area contributed by atoms with E-state index < -0.39 is 0 Å². The standard InChI is InChI=1S/C22H28O2S9/c1-5-17(23)29-13(3)15-9-25-21(31-15)11-27-19-7-8-20(33-19)28-12-22-26-10-16(32-22)14(4)30-18(24)6-2/h5-8,13-16,21-22H,1-2,9-12H2,3-4H3. The highest BCUT2D eigenvalue weighted by atomic mass is 32.2. The molecule has 0 N–H and O–H groups in total. The van der Waals surface area contributed by atoms with Crippen LogP contribution in [0.2, 0.25) is 0 Å². The molecule has 182 valence electrons. The first-order chi connectivity index (χ1) is 15.9. The summed E-state index contributed by atoms with van der Waals surface area (Å²) in [5.41, 5.74) is 0. The van der Waals surface area contributed by atoms with Crippen LogP contribution in [0.1, 0.15) is 13.8 Å². The molecule has 0 radical (unpaired) electrons. The Bertz CT molecular complexity index is 762. The molecule has 33 heavy (non-hydrogen) atoms. The molecule has 0 spiro atoms. The summed E-state index contributed by atoms with van der Waals surface area (Å²) < 4.78 is 3.97. The lowest BCUT2D eigenvalue weighted by atomic mass is 10.4. The number of hydrogen-bond donors (Lipinski definition) is 0. The molecule has 2 saturated heterocycles. The minimum atomic E-state index is 0.0793. The van der Waals surface area contributed by atoms with E-state index in [4.69, 9.17) is 0 Å². The third kappa shape index (κ3) is 9.61. The Balaban J connectivity index is 1.35. The van der Waals surface area contributed by atoms with Crippen LogP contribution in [0, 0.1) is 0 Å². The van der Waals surface area contributed by atoms with Gasteiger partial charge in [-0.15, -0.1) is 81.9 Å². The molecule has 11 heteroatoms. The molecular formula is C22H28O2S9. The maximum absolute atomic E-state index is 11.6. The zero-order valence-corrected chi connectivity index (χ0v) is 25.9. The predicted molar refractivity (Wildman–Crippen MR) is 166 cm³/mol. The van der Waals surface area contributed by atoms with Crippen molar-refractivity contribution < 1.29 is 9.59 Å². The summed E-state index contributed by atoms with van der Waals surface area (Å²) in [6.07, 6.45) is 2.84. The van der Waals surface area contributed by atoms with Gasteiger partial charge in [0.2, 0.25) is 10.2 Å². The van der Waals surface area contributed by atoms with Crippen LogP contribution in [0.25, 0.3) is 0 Å². The van der Waals surface area contributed by atoms with Crippen molar-refractivity contribution in [2.24, 2.45) is 0 Å². The summed E-state index contributed by atoms with van der Waals surface area (Å²) in [6.45, 7) is 11.5. The van der Waals surface area contributed by atoms with Crippen LogP contribution in [0.3, 0.4) is 0 Å². The fraction of sp³-hybridized carbons (Fsp3) is 0.545. The summed E-state index contributed by atoms with van der Waals surface area (Å²) in [4.78, 5) is 23.2. The van der Waals surface area contributed by atoms with E-state index in [1.165, 1.54) is 44.1 Å². The second-order valence-corrected chi connectivity index (χ2v) is 19.7. The molecule has 0 aliphatic carbocycles. The van der Waals surface area contributed by atoms with Gasteiger partial charge in [0.05, 0.1) is 17.6 Å². The SMILES string of the molecule is C=CC(=O)SC(C)C1CSC(CSc2ccc(SCC3SCC(C(C)SC(=O)C=C)S3)s2)S1. The normalized spacial score (nSPS) is 26.7. The van der Waals surface area contributed by atoms with E-state index in [0.717, 1.165) is 23.0 Å². The smallest absolute Gasteiger partial charge is 0.211 e. The van der Waals surface area contributed by atoms with Crippen molar-refractivity contribution in [2.75, 3.05) is 23.0 Å². The quantitative estimate of drug-likeness (QED) is 0.171. The van der Waals surface area contributed by atoms with E-state index >= 15 is 0 Å². The highest BCUT2D eigenvalue weighted by Crippen LogP contribution is 2.47. The molecule has 0 amide bonds. The largest absolute Gasteiger partial charge is 0.282 e. The van der Waals surface area contributed by atoms with Crippen LogP contribution in [-0.2, 0) is 9.59 Å². The average Bonchev–Trinajstić information content (AvgIpc) is 3.56. The van der Waals surface area contributed by atoms with E-state index in [9.17, 15) is 9.59 Å². The zero-order valence-electron chi connectivity index (χ0n) is 18.5. The molecule has 2 fully saturated rings. The molecule has 3 rings (SSSR count). The number of thioether (sulfide) groups is 8. The van der Waals surface area contributed by atoms with Crippen LogP contribution in [0.4, 0.5) is 0 Å². The van der Waals surface area contributed by atoms with Crippen molar-refractivity contribution in [3.8, 4) is 0 Å². The van der Waals surface area contributed by atoms with Crippen LogP contribution in [0.15, 0.2) is 45.9 Å². The first-order valence-corrected chi connectivity index (χ1v) is 19.0. The van der Waals surface area contributed by atoms with Crippen molar-refractivity contribution in [1.29, 1.82) is 0 Å². The highest BCUT2D eigenvalue weighted by Gasteiger charge is 2.32. The zero-order chi connectivity index (χ0) is 23.8. The summed E-state index contributed by atoms with van der Waals surface area (Å²) in [5.74, 6) is 4.46. The Morgan fingerprint density at radius 2 is 1.33 bits per heavy atom. The molecule has 0 bridgehead atoms. The monoisotopic (exact) mass is 612 g/mol. The molecule has 0 saturated carbocycles. The van der Waals surface area contributed by atoms with E-state index in [1.54, 1.807) is 0 Å². The van der Waals surface area contributed by atoms with Crippen molar-refractivity contribution in [2.45, 2.75) is 52.4 Å². The van der Waals surface area contributed by atoms with Gasteiger partial charge in [-0.1, -0.05) is 50.5 Å². The van der Waals surface area contributed by atoms with Gasteiger partial charge in [-0.3, -0.25) is 9.59 Å². The Morgan fingerprint density at radius 1 is 0.909 bits per heavy atom. The summed E-state index contributed by atoms with van der Waals surface area (Å²) in [6, 6.07) is 4.52. The molecule has 2 nitrogen and oxygen atoms in total. The average molecular weight is 613 g/mol. The first kappa shape index (κ1) is 28.9. The van der Waals surface area contributed by atoms with Gasteiger partial charge >= 0.3 is 0 Å². The molecule has 2 aliphatic heterocycles. The molecule has 1 aromatic heterocycles. The Labute approximate surface area is 236 Å². The number of hydrogen-bond acceptors (Lipinski definition) is 11. The van der Waals surface area contributed by atoms with Crippen molar-refractivity contribution in [3.63, 3.8) is 0 Å². The first-order valence-electron chi connectivity index (χ1n) is 10.4. The molecule has 2 aliphatic rings. The molecule has 6 unspecified atom stereocenters. The highest BCUT2D eigenvalue weighted by molar-refractivity contribution is 8.23. The summed E-state index contributed by atoms with van der Waals surface area (Å²) in [7, 11) is 0. The van der Waals surface area contributed by atoms with Gasteiger partial charge in [0.25, 0.3) is 0 Å². The Morgan fingerprint density at radius 3 is 1.73 bits per heavy atom. The third-order valence-electron chi connectivity index (χ3n) is 4.81. The van der Waals surface area contributed by atoms with E-state index in [-0.39, 0.29) is 10.2 Å². The van der Waals surface area contributed by atoms with Gasteiger partial charge in [-0.25, -0.2) is 0 Å². The summed E-state index contributed by atoms with van der Waals surface area (Å²) >= 11 is 16.8. The number of carbonyl (C=O) groups is 2. The Hall–Kier alpha value is 1.32. The van der Waals surface area contributed by atoms with E-state index in [2.05, 4.69) is 39.1 Å². The van der Waals surface area contributed by atoms with Crippen molar-refractivity contribution >= 4 is 116 Å². The van der Waals surface area contributed by atoms with Gasteiger partial charge < -0.3 is 0 Å². The van der Waals surface area contributed by atoms with Gasteiger partial charge in [-0.2, -0.15) is 0 Å². The van der Waals surface area contributed by atoms with Gasteiger partial charge in [-0.05, 0) is 24.3 Å². The van der Waals surface area contributed by atoms with Crippen LogP contribution < -0.4 is 0 Å². The third-order valence-corrected chi connectivity index (χ3v) is 18.8. The molecular weight excluding hydrogens is 585 g/mol. The number of rotatable bonds is 12. The maximum Gasteiger partial charge on any atom is 0.211 e. The predicted octanol–water partition coefficient (Wildman–Crippen LogP) is 7.95. The minimum Gasteiger partial charge on any atom is -0.282 e. The van der Waals surface area contributed by atoms with Gasteiger partial charge in [0.15, 0.2) is 0 Å². The summed E-state index contributed by atoms with van der Waals surface area (Å²) in [5, 5.41) is 1.90. The number of carbonyl (C=O) groups excluding carboxylic acids is 2. The Kier molecular flexibility index (Phi) is 13.0. The van der Waals surface area contributed by atoms with Gasteiger partial charge in [0.1, 0.15) is 0 Å². The van der Waals surface area contributed by atoms with Crippen molar-refractivity contribution in [3.05, 3.63) is 37.4 Å². The fourth-order valence-electron chi connectivity index (χ4n) is 2.99. The van der Waals surface area contributed by atoms with E-state index in [1.807, 2.05) is 81.9 Å². The topological polar surface area (TPSA) is 34.1 Å². The van der Waals surface area contributed by atoms with E-state index in [0.29, 0.717) is 30.2 Å². The molecule has 0 aromatic carbocycles. The lowest BCUT2D eigenvalue weighted by Crippen LogP contribution is -2.18. The van der Waals surface area contributed by atoms with Crippen LogP contribution in [-0.4, -0.2) is 63.4 Å². The molecule has 1 aromatic rings. The maximum atomic E-state index is 11.6. The lowest BCUT2D eigenvalue weighted by Gasteiger charge is -2.16. The second-order valence-electron chi connectivity index (χ2n) is 7.26. The van der Waals surface area contributed by atoms with Crippen LogP contribution >= 0.6 is 105 Å². The van der Waals surface area contributed by atoms with Crippen molar-refractivity contribution in [1.82, 2.24) is 0 Å². The molecule has 3 heterocycles. The fourth-order valence-corrected chi connectivity index (χ4v) is 16.2. The van der Waals surface area contributed by atoms with Crippen LogP contribution in [0.5, 0.6) is 0 Å². The second kappa shape index (κ2) is 14.9.